The van der Waals surface area contributed by atoms with Gasteiger partial charge in [0.25, 0.3) is 0 Å². The minimum Gasteiger partial charge on any atom is -0.487 e. The Bertz CT molecular complexity index is 602. The standard InChI is InChI=1S/C13H12ClN3O2/c14-10-5-1-2-6-11(10)19-8-9-4-3-7-16-12(9)13(15)17-18/h1-7,18H,8H2,(H2,15,17). The van der Waals surface area contributed by atoms with Gasteiger partial charge < -0.3 is 15.7 Å². The Balaban J connectivity index is 2.19. The summed E-state index contributed by atoms with van der Waals surface area (Å²) < 4.78 is 5.59. The molecule has 0 radical (unpaired) electrons. The van der Waals surface area contributed by atoms with Crippen molar-refractivity contribution in [1.29, 1.82) is 0 Å². The monoisotopic (exact) mass is 277 g/mol. The third-order valence-electron chi connectivity index (χ3n) is 2.46. The first-order valence-corrected chi connectivity index (χ1v) is 5.89. The molecule has 0 aliphatic carbocycles. The Hall–Kier alpha value is -2.27. The highest BCUT2D eigenvalue weighted by molar-refractivity contribution is 6.32. The van der Waals surface area contributed by atoms with Crippen LogP contribution in [0, 0.1) is 0 Å². The molecule has 98 valence electrons. The molecule has 0 bridgehead atoms. The Morgan fingerprint density at radius 1 is 1.32 bits per heavy atom. The summed E-state index contributed by atoms with van der Waals surface area (Å²) >= 11 is 5.99. The summed E-state index contributed by atoms with van der Waals surface area (Å²) in [5.74, 6) is 0.511. The van der Waals surface area contributed by atoms with Crippen LogP contribution in [-0.2, 0) is 6.61 Å². The number of oxime groups is 1. The van der Waals surface area contributed by atoms with E-state index in [0.717, 1.165) is 0 Å². The van der Waals surface area contributed by atoms with Gasteiger partial charge in [0.2, 0.25) is 0 Å². The molecule has 0 aliphatic rings. The molecule has 0 aliphatic heterocycles. The maximum absolute atomic E-state index is 8.70. The Morgan fingerprint density at radius 2 is 2.11 bits per heavy atom. The number of pyridine rings is 1. The van der Waals surface area contributed by atoms with Crippen LogP contribution in [0.1, 0.15) is 11.3 Å². The predicted molar refractivity (Wildman–Crippen MR) is 72.5 cm³/mol. The lowest BCUT2D eigenvalue weighted by Gasteiger charge is -2.10. The van der Waals surface area contributed by atoms with E-state index < -0.39 is 0 Å². The van der Waals surface area contributed by atoms with Crippen molar-refractivity contribution in [1.82, 2.24) is 4.98 Å². The quantitative estimate of drug-likeness (QED) is 0.389. The number of para-hydroxylation sites is 1. The van der Waals surface area contributed by atoms with Crippen molar-refractivity contribution >= 4 is 17.4 Å². The van der Waals surface area contributed by atoms with Crippen molar-refractivity contribution in [2.75, 3.05) is 0 Å². The summed E-state index contributed by atoms with van der Waals surface area (Å²) in [5, 5.41) is 12.2. The van der Waals surface area contributed by atoms with Gasteiger partial charge >= 0.3 is 0 Å². The molecule has 0 saturated heterocycles. The molecule has 0 atom stereocenters. The van der Waals surface area contributed by atoms with Gasteiger partial charge in [-0.3, -0.25) is 4.98 Å². The zero-order valence-corrected chi connectivity index (χ0v) is 10.7. The molecule has 0 saturated carbocycles. The van der Waals surface area contributed by atoms with Crippen LogP contribution in [0.5, 0.6) is 5.75 Å². The molecule has 0 unspecified atom stereocenters. The molecular weight excluding hydrogens is 266 g/mol. The van der Waals surface area contributed by atoms with Crippen LogP contribution in [0.15, 0.2) is 47.8 Å². The first-order chi connectivity index (χ1) is 9.22. The summed E-state index contributed by atoms with van der Waals surface area (Å²) in [7, 11) is 0. The van der Waals surface area contributed by atoms with E-state index in [-0.39, 0.29) is 12.4 Å². The lowest BCUT2D eigenvalue weighted by molar-refractivity contribution is 0.304. The lowest BCUT2D eigenvalue weighted by atomic mass is 10.2. The van der Waals surface area contributed by atoms with Crippen LogP contribution >= 0.6 is 11.6 Å². The van der Waals surface area contributed by atoms with Gasteiger partial charge in [0.15, 0.2) is 5.84 Å². The molecule has 3 N–H and O–H groups in total. The van der Waals surface area contributed by atoms with Crippen molar-refractivity contribution in [2.45, 2.75) is 6.61 Å². The lowest BCUT2D eigenvalue weighted by Crippen LogP contribution is -2.18. The van der Waals surface area contributed by atoms with Crippen molar-refractivity contribution < 1.29 is 9.94 Å². The van der Waals surface area contributed by atoms with Crippen LogP contribution in [0.25, 0.3) is 0 Å². The number of hydrogen-bond donors (Lipinski definition) is 2. The highest BCUT2D eigenvalue weighted by Gasteiger charge is 2.09. The predicted octanol–water partition coefficient (Wildman–Crippen LogP) is 2.41. The number of nitrogens with zero attached hydrogens (tertiary/aromatic N) is 2. The summed E-state index contributed by atoms with van der Waals surface area (Å²) in [6.07, 6.45) is 1.56. The van der Waals surface area contributed by atoms with Gasteiger partial charge in [0, 0.05) is 11.8 Å². The number of rotatable bonds is 4. The fourth-order valence-electron chi connectivity index (χ4n) is 1.55. The fraction of sp³-hybridized carbons (Fsp3) is 0.0769. The van der Waals surface area contributed by atoms with Crippen LogP contribution < -0.4 is 10.5 Å². The number of aromatic nitrogens is 1. The maximum atomic E-state index is 8.70. The minimum absolute atomic E-state index is 0.0571. The SMILES string of the molecule is N/C(=N/O)c1ncccc1COc1ccccc1Cl. The number of halogens is 1. The van der Waals surface area contributed by atoms with E-state index in [2.05, 4.69) is 10.1 Å². The number of amidine groups is 1. The van der Waals surface area contributed by atoms with Gasteiger partial charge in [-0.05, 0) is 18.2 Å². The van der Waals surface area contributed by atoms with Gasteiger partial charge in [-0.15, -0.1) is 0 Å². The molecule has 0 amide bonds. The van der Waals surface area contributed by atoms with E-state index in [1.807, 2.05) is 12.1 Å². The van der Waals surface area contributed by atoms with Gasteiger partial charge in [-0.2, -0.15) is 0 Å². The van der Waals surface area contributed by atoms with E-state index in [9.17, 15) is 0 Å². The molecule has 1 heterocycles. The third kappa shape index (κ3) is 3.14. The topological polar surface area (TPSA) is 80.7 Å². The first-order valence-electron chi connectivity index (χ1n) is 5.51. The van der Waals surface area contributed by atoms with Crippen molar-refractivity contribution in [2.24, 2.45) is 10.9 Å². The maximum Gasteiger partial charge on any atom is 0.189 e. The zero-order valence-electron chi connectivity index (χ0n) is 9.95. The minimum atomic E-state index is -0.0571. The van der Waals surface area contributed by atoms with Gasteiger partial charge in [-0.1, -0.05) is 35.0 Å². The molecule has 5 nitrogen and oxygen atoms in total. The normalized spacial score (nSPS) is 11.3. The van der Waals surface area contributed by atoms with E-state index in [0.29, 0.717) is 22.0 Å². The summed E-state index contributed by atoms with van der Waals surface area (Å²) in [4.78, 5) is 4.06. The molecular formula is C13H12ClN3O2. The number of benzene rings is 1. The average Bonchev–Trinajstić information content (AvgIpc) is 2.46. The molecule has 1 aromatic carbocycles. The van der Waals surface area contributed by atoms with Crippen LogP contribution in [0.2, 0.25) is 5.02 Å². The average molecular weight is 278 g/mol. The molecule has 6 heteroatoms. The number of ether oxygens (including phenoxy) is 1. The Morgan fingerprint density at radius 3 is 2.84 bits per heavy atom. The van der Waals surface area contributed by atoms with E-state index in [4.69, 9.17) is 27.3 Å². The summed E-state index contributed by atoms with van der Waals surface area (Å²) in [5.41, 5.74) is 6.64. The van der Waals surface area contributed by atoms with Crippen molar-refractivity contribution in [3.05, 3.63) is 58.9 Å². The number of nitrogens with two attached hydrogens (primary N) is 1. The van der Waals surface area contributed by atoms with E-state index in [1.165, 1.54) is 0 Å². The molecule has 0 fully saturated rings. The van der Waals surface area contributed by atoms with Crippen molar-refractivity contribution in [3.63, 3.8) is 0 Å². The first kappa shape index (κ1) is 13.2. The fourth-order valence-corrected chi connectivity index (χ4v) is 1.74. The van der Waals surface area contributed by atoms with E-state index in [1.54, 1.807) is 30.5 Å². The van der Waals surface area contributed by atoms with Crippen LogP contribution in [0.4, 0.5) is 0 Å². The second-order valence-corrected chi connectivity index (χ2v) is 4.12. The van der Waals surface area contributed by atoms with Gasteiger partial charge in [0.1, 0.15) is 18.1 Å². The summed E-state index contributed by atoms with van der Waals surface area (Å²) in [6, 6.07) is 10.7. The van der Waals surface area contributed by atoms with Gasteiger partial charge in [0.05, 0.1) is 5.02 Å². The highest BCUT2D eigenvalue weighted by Crippen LogP contribution is 2.24. The smallest absolute Gasteiger partial charge is 0.189 e. The van der Waals surface area contributed by atoms with Crippen molar-refractivity contribution in [3.8, 4) is 5.75 Å². The third-order valence-corrected chi connectivity index (χ3v) is 2.77. The largest absolute Gasteiger partial charge is 0.487 e. The molecule has 2 rings (SSSR count). The second kappa shape index (κ2) is 6.06. The zero-order chi connectivity index (χ0) is 13.7. The molecule has 19 heavy (non-hydrogen) atoms. The van der Waals surface area contributed by atoms with Crippen LogP contribution in [0.3, 0.4) is 0 Å². The van der Waals surface area contributed by atoms with Gasteiger partial charge in [-0.25, -0.2) is 0 Å². The van der Waals surface area contributed by atoms with E-state index >= 15 is 0 Å². The second-order valence-electron chi connectivity index (χ2n) is 3.72. The Labute approximate surface area is 115 Å². The number of hydrogen-bond acceptors (Lipinski definition) is 4. The molecule has 2 aromatic rings. The summed E-state index contributed by atoms with van der Waals surface area (Å²) in [6.45, 7) is 0.225. The molecule has 0 spiro atoms. The molecule has 1 aromatic heterocycles. The Kier molecular flexibility index (Phi) is 4.20. The highest BCUT2D eigenvalue weighted by atomic mass is 35.5. The van der Waals surface area contributed by atoms with Crippen LogP contribution in [-0.4, -0.2) is 16.0 Å².